The highest BCUT2D eigenvalue weighted by Crippen LogP contribution is 2.23. The van der Waals surface area contributed by atoms with Crippen molar-refractivity contribution in [2.45, 2.75) is 53.2 Å². The van der Waals surface area contributed by atoms with Crippen LogP contribution in [0.25, 0.3) is 0 Å². The summed E-state index contributed by atoms with van der Waals surface area (Å²) in [6, 6.07) is 3.90. The number of rotatable bonds is 6. The van der Waals surface area contributed by atoms with E-state index in [9.17, 15) is 0 Å². The fourth-order valence-electron chi connectivity index (χ4n) is 1.96. The lowest BCUT2D eigenvalue weighted by Gasteiger charge is -2.24. The maximum absolute atomic E-state index is 6.13. The van der Waals surface area contributed by atoms with Crippen LogP contribution in [-0.4, -0.2) is 23.7 Å². The zero-order valence-electron chi connectivity index (χ0n) is 12.7. The summed E-state index contributed by atoms with van der Waals surface area (Å²) >= 11 is 0. The molecule has 0 amide bonds. The van der Waals surface area contributed by atoms with Crippen molar-refractivity contribution in [3.05, 3.63) is 18.3 Å². The molecular weight excluding hydrogens is 238 g/mol. The summed E-state index contributed by atoms with van der Waals surface area (Å²) in [5, 5.41) is 3.28. The third-order valence-electron chi connectivity index (χ3n) is 2.54. The van der Waals surface area contributed by atoms with Gasteiger partial charge in [-0.3, -0.25) is 0 Å². The van der Waals surface area contributed by atoms with Crippen molar-refractivity contribution in [1.29, 1.82) is 0 Å². The number of ether oxygens (including phenoxy) is 1. The molecule has 0 saturated carbocycles. The molecule has 1 heterocycles. The molecule has 1 atom stereocenters. The molecule has 1 aromatic rings. The highest BCUT2D eigenvalue weighted by molar-refractivity contribution is 5.49. The average molecular weight is 265 g/mol. The number of nitrogens with one attached hydrogen (secondary N) is 1. The van der Waals surface area contributed by atoms with Crippen molar-refractivity contribution in [1.82, 2.24) is 4.98 Å². The molecule has 1 unspecified atom stereocenters. The molecule has 1 rings (SSSR count). The Morgan fingerprint density at radius 3 is 2.63 bits per heavy atom. The van der Waals surface area contributed by atoms with E-state index < -0.39 is 0 Å². The van der Waals surface area contributed by atoms with Crippen LogP contribution >= 0.6 is 0 Å². The van der Waals surface area contributed by atoms with E-state index in [4.69, 9.17) is 10.5 Å². The molecule has 0 bridgehead atoms. The maximum Gasteiger partial charge on any atom is 0.168 e. The minimum absolute atomic E-state index is 0.105. The highest BCUT2D eigenvalue weighted by atomic mass is 16.5. The Kier molecular flexibility index (Phi) is 5.60. The molecule has 0 aliphatic rings. The van der Waals surface area contributed by atoms with E-state index in [1.54, 1.807) is 6.20 Å². The fourth-order valence-corrected chi connectivity index (χ4v) is 1.96. The van der Waals surface area contributed by atoms with E-state index >= 15 is 0 Å². The van der Waals surface area contributed by atoms with Crippen LogP contribution in [0.4, 0.5) is 5.82 Å². The number of pyridine rings is 1. The molecule has 0 aliphatic heterocycles. The Hall–Kier alpha value is -1.29. The monoisotopic (exact) mass is 265 g/mol. The summed E-state index contributed by atoms with van der Waals surface area (Å²) < 4.78 is 5.71. The van der Waals surface area contributed by atoms with Crippen LogP contribution in [0.2, 0.25) is 0 Å². The lowest BCUT2D eigenvalue weighted by molar-refractivity contribution is 0.243. The summed E-state index contributed by atoms with van der Waals surface area (Å²) in [6.45, 7) is 11.3. The van der Waals surface area contributed by atoms with Gasteiger partial charge >= 0.3 is 0 Å². The van der Waals surface area contributed by atoms with Gasteiger partial charge in [-0.15, -0.1) is 0 Å². The Labute approximate surface area is 116 Å². The summed E-state index contributed by atoms with van der Waals surface area (Å²) in [5.41, 5.74) is 6.37. The highest BCUT2D eigenvalue weighted by Gasteiger charge is 2.16. The van der Waals surface area contributed by atoms with Crippen LogP contribution < -0.4 is 15.8 Å². The second kappa shape index (κ2) is 6.75. The van der Waals surface area contributed by atoms with E-state index in [1.807, 2.05) is 26.0 Å². The molecule has 0 saturated heterocycles. The quantitative estimate of drug-likeness (QED) is 0.830. The van der Waals surface area contributed by atoms with Gasteiger partial charge in [0.1, 0.15) is 0 Å². The molecule has 4 heteroatoms. The third-order valence-corrected chi connectivity index (χ3v) is 2.54. The second-order valence-electron chi connectivity index (χ2n) is 6.42. The number of aromatic nitrogens is 1. The van der Waals surface area contributed by atoms with E-state index in [0.717, 1.165) is 18.0 Å². The molecule has 0 radical (unpaired) electrons. The molecule has 108 valence electrons. The van der Waals surface area contributed by atoms with Crippen molar-refractivity contribution in [3.8, 4) is 5.75 Å². The normalized spacial score (nSPS) is 13.4. The fraction of sp³-hybridized carbons (Fsp3) is 0.667. The van der Waals surface area contributed by atoms with Crippen molar-refractivity contribution < 1.29 is 4.74 Å². The van der Waals surface area contributed by atoms with Crippen LogP contribution in [0.3, 0.4) is 0 Å². The Morgan fingerprint density at radius 1 is 1.37 bits per heavy atom. The molecule has 19 heavy (non-hydrogen) atoms. The largest absolute Gasteiger partial charge is 0.487 e. The molecule has 0 fully saturated rings. The molecular formula is C15H27N3O. The van der Waals surface area contributed by atoms with Gasteiger partial charge in [0.15, 0.2) is 11.6 Å². The molecule has 0 aliphatic carbocycles. The minimum atomic E-state index is 0.105. The van der Waals surface area contributed by atoms with Crippen LogP contribution in [0.1, 0.15) is 41.0 Å². The molecule has 0 spiro atoms. The first-order valence-corrected chi connectivity index (χ1v) is 6.89. The molecule has 1 aromatic heterocycles. The first-order valence-electron chi connectivity index (χ1n) is 6.89. The number of nitrogens with zero attached hydrogens (tertiary/aromatic N) is 1. The predicted octanol–water partition coefficient (Wildman–Crippen LogP) is 3.04. The van der Waals surface area contributed by atoms with Crippen molar-refractivity contribution in [3.63, 3.8) is 0 Å². The number of anilines is 1. The van der Waals surface area contributed by atoms with Gasteiger partial charge in [0.25, 0.3) is 0 Å². The number of hydrogen-bond donors (Lipinski definition) is 2. The third kappa shape index (κ3) is 6.43. The minimum Gasteiger partial charge on any atom is -0.487 e. The van der Waals surface area contributed by atoms with Gasteiger partial charge in [-0.25, -0.2) is 4.98 Å². The summed E-state index contributed by atoms with van der Waals surface area (Å²) in [6.07, 6.45) is 2.85. The smallest absolute Gasteiger partial charge is 0.168 e. The Balaban J connectivity index is 2.57. The van der Waals surface area contributed by atoms with Crippen molar-refractivity contribution in [2.24, 2.45) is 11.1 Å². The number of nitrogens with two attached hydrogens (primary N) is 1. The zero-order valence-corrected chi connectivity index (χ0v) is 12.7. The van der Waals surface area contributed by atoms with Gasteiger partial charge in [0.2, 0.25) is 0 Å². The first-order chi connectivity index (χ1) is 8.78. The van der Waals surface area contributed by atoms with E-state index in [1.165, 1.54) is 0 Å². The molecule has 4 nitrogen and oxygen atoms in total. The standard InChI is InChI=1S/C15H27N3O/c1-11(2)19-13-7-6-8-17-14(13)18-10-12(16)9-15(3,4)5/h6-8,11-12H,9-10,16H2,1-5H3,(H,17,18). The number of hydrogen-bond acceptors (Lipinski definition) is 4. The second-order valence-corrected chi connectivity index (χ2v) is 6.42. The lowest BCUT2D eigenvalue weighted by Crippen LogP contribution is -2.33. The van der Waals surface area contributed by atoms with Crippen LogP contribution in [0, 0.1) is 5.41 Å². The van der Waals surface area contributed by atoms with E-state index in [-0.39, 0.29) is 17.6 Å². The summed E-state index contributed by atoms with van der Waals surface area (Å²) in [5.74, 6) is 1.54. The lowest BCUT2D eigenvalue weighted by atomic mass is 9.88. The Morgan fingerprint density at radius 2 is 2.05 bits per heavy atom. The van der Waals surface area contributed by atoms with Crippen LogP contribution in [0.15, 0.2) is 18.3 Å². The zero-order chi connectivity index (χ0) is 14.5. The van der Waals surface area contributed by atoms with Gasteiger partial charge in [0, 0.05) is 18.8 Å². The van der Waals surface area contributed by atoms with E-state index in [2.05, 4.69) is 31.1 Å². The van der Waals surface area contributed by atoms with Gasteiger partial charge in [-0.05, 0) is 37.8 Å². The topological polar surface area (TPSA) is 60.2 Å². The summed E-state index contributed by atoms with van der Waals surface area (Å²) in [7, 11) is 0. The molecule has 0 aromatic carbocycles. The Bertz CT molecular complexity index is 385. The first kappa shape index (κ1) is 15.8. The predicted molar refractivity (Wildman–Crippen MR) is 80.5 cm³/mol. The van der Waals surface area contributed by atoms with Crippen LogP contribution in [-0.2, 0) is 0 Å². The van der Waals surface area contributed by atoms with Gasteiger partial charge in [0.05, 0.1) is 6.10 Å². The maximum atomic E-state index is 6.13. The summed E-state index contributed by atoms with van der Waals surface area (Å²) in [4.78, 5) is 4.31. The van der Waals surface area contributed by atoms with Gasteiger partial charge < -0.3 is 15.8 Å². The average Bonchev–Trinajstić information content (AvgIpc) is 2.24. The van der Waals surface area contributed by atoms with Crippen LogP contribution in [0.5, 0.6) is 5.75 Å². The SMILES string of the molecule is CC(C)Oc1cccnc1NCC(N)CC(C)(C)C. The molecule has 3 N–H and O–H groups in total. The van der Waals surface area contributed by atoms with E-state index in [0.29, 0.717) is 6.54 Å². The van der Waals surface area contributed by atoms with Crippen molar-refractivity contribution in [2.75, 3.05) is 11.9 Å². The van der Waals surface area contributed by atoms with Gasteiger partial charge in [-0.2, -0.15) is 0 Å². The van der Waals surface area contributed by atoms with Crippen molar-refractivity contribution >= 4 is 5.82 Å². The van der Waals surface area contributed by atoms with Gasteiger partial charge in [-0.1, -0.05) is 20.8 Å².